The number of esters is 1. The quantitative estimate of drug-likeness (QED) is 0.149. The third-order valence-corrected chi connectivity index (χ3v) is 5.33. The molecule has 13 nitrogen and oxygen atoms in total. The SMILES string of the molecule is CC(=O)c1c(O)cc(O)c(C2OC(COC(=O)c3cc(O)c(O)c(O)c3)C(O)C(O)C2O)c1O. The van der Waals surface area contributed by atoms with Crippen molar-refractivity contribution in [1.82, 2.24) is 0 Å². The van der Waals surface area contributed by atoms with E-state index in [9.17, 15) is 55.5 Å². The van der Waals surface area contributed by atoms with Crippen molar-refractivity contribution in [2.45, 2.75) is 37.4 Å². The molecular formula is C21H22O13. The van der Waals surface area contributed by atoms with Crippen LogP contribution in [0.25, 0.3) is 0 Å². The summed E-state index contributed by atoms with van der Waals surface area (Å²) in [5, 5.41) is 89.8. The first kappa shape index (κ1) is 24.9. The van der Waals surface area contributed by atoms with Crippen LogP contribution in [0.5, 0.6) is 34.5 Å². The molecule has 3 rings (SSSR count). The lowest BCUT2D eigenvalue weighted by Gasteiger charge is -2.40. The number of carbonyl (C=O) groups excluding carboxylic acids is 2. The number of aliphatic hydroxyl groups excluding tert-OH is 3. The predicted molar refractivity (Wildman–Crippen MR) is 109 cm³/mol. The molecule has 1 aliphatic rings. The van der Waals surface area contributed by atoms with Gasteiger partial charge >= 0.3 is 5.97 Å². The second kappa shape index (κ2) is 9.23. The molecule has 0 bridgehead atoms. The second-order valence-corrected chi connectivity index (χ2v) is 7.64. The van der Waals surface area contributed by atoms with Gasteiger partial charge in [0.1, 0.15) is 59.9 Å². The average Bonchev–Trinajstić information content (AvgIpc) is 2.75. The molecule has 0 spiro atoms. The Morgan fingerprint density at radius 3 is 1.97 bits per heavy atom. The molecule has 0 aromatic heterocycles. The molecule has 5 atom stereocenters. The van der Waals surface area contributed by atoms with Crippen molar-refractivity contribution in [2.75, 3.05) is 6.61 Å². The molecule has 1 saturated heterocycles. The van der Waals surface area contributed by atoms with Gasteiger partial charge in [0.2, 0.25) is 0 Å². The molecule has 34 heavy (non-hydrogen) atoms. The van der Waals surface area contributed by atoms with Crippen LogP contribution in [0.3, 0.4) is 0 Å². The van der Waals surface area contributed by atoms with Gasteiger partial charge in [-0.15, -0.1) is 0 Å². The third-order valence-electron chi connectivity index (χ3n) is 5.33. The van der Waals surface area contributed by atoms with Crippen LogP contribution in [0.15, 0.2) is 18.2 Å². The summed E-state index contributed by atoms with van der Waals surface area (Å²) in [6, 6.07) is 2.32. The summed E-state index contributed by atoms with van der Waals surface area (Å²) in [6.07, 6.45) is -8.91. The fourth-order valence-corrected chi connectivity index (χ4v) is 3.57. The molecule has 5 unspecified atom stereocenters. The highest BCUT2D eigenvalue weighted by Crippen LogP contribution is 2.46. The molecule has 0 aliphatic carbocycles. The summed E-state index contributed by atoms with van der Waals surface area (Å²) in [6.45, 7) is 0.273. The smallest absolute Gasteiger partial charge is 0.338 e. The molecule has 13 heteroatoms. The van der Waals surface area contributed by atoms with Crippen LogP contribution < -0.4 is 0 Å². The fourth-order valence-electron chi connectivity index (χ4n) is 3.57. The van der Waals surface area contributed by atoms with Gasteiger partial charge in [0.25, 0.3) is 0 Å². The Kier molecular flexibility index (Phi) is 6.74. The Morgan fingerprint density at radius 1 is 0.824 bits per heavy atom. The molecular weight excluding hydrogens is 460 g/mol. The number of benzene rings is 2. The highest BCUT2D eigenvalue weighted by Gasteiger charge is 2.47. The van der Waals surface area contributed by atoms with E-state index in [2.05, 4.69) is 0 Å². The van der Waals surface area contributed by atoms with Crippen molar-refractivity contribution < 1.29 is 65.0 Å². The molecule has 0 amide bonds. The third kappa shape index (κ3) is 4.36. The molecule has 1 fully saturated rings. The van der Waals surface area contributed by atoms with Crippen molar-refractivity contribution in [1.29, 1.82) is 0 Å². The lowest BCUT2D eigenvalue weighted by molar-refractivity contribution is -0.232. The molecule has 1 aliphatic heterocycles. The summed E-state index contributed by atoms with van der Waals surface area (Å²) in [4.78, 5) is 24.0. The van der Waals surface area contributed by atoms with Crippen LogP contribution in [0, 0.1) is 0 Å². The Balaban J connectivity index is 1.87. The summed E-state index contributed by atoms with van der Waals surface area (Å²) in [7, 11) is 0. The lowest BCUT2D eigenvalue weighted by atomic mass is 9.89. The number of hydrogen-bond donors (Lipinski definition) is 9. The number of ether oxygens (including phenoxy) is 2. The Hall–Kier alpha value is -3.78. The van der Waals surface area contributed by atoms with E-state index in [1.54, 1.807) is 0 Å². The highest BCUT2D eigenvalue weighted by molar-refractivity contribution is 6.00. The minimum atomic E-state index is -1.92. The van der Waals surface area contributed by atoms with Gasteiger partial charge in [-0.05, 0) is 19.1 Å². The van der Waals surface area contributed by atoms with E-state index < -0.39 is 94.5 Å². The van der Waals surface area contributed by atoms with Crippen molar-refractivity contribution in [2.24, 2.45) is 0 Å². The normalized spacial score (nSPS) is 24.5. The van der Waals surface area contributed by atoms with E-state index >= 15 is 0 Å². The van der Waals surface area contributed by atoms with Crippen molar-refractivity contribution >= 4 is 11.8 Å². The van der Waals surface area contributed by atoms with E-state index in [1.807, 2.05) is 0 Å². The Morgan fingerprint density at radius 2 is 1.41 bits per heavy atom. The molecule has 1 heterocycles. The molecule has 0 saturated carbocycles. The van der Waals surface area contributed by atoms with Gasteiger partial charge in [0.05, 0.1) is 11.1 Å². The number of phenols is 6. The summed E-state index contributed by atoms with van der Waals surface area (Å²) in [5.74, 6) is -6.86. The minimum Gasteiger partial charge on any atom is -0.507 e. The maximum atomic E-state index is 12.3. The first-order chi connectivity index (χ1) is 15.8. The van der Waals surface area contributed by atoms with Crippen LogP contribution in [0.2, 0.25) is 0 Å². The second-order valence-electron chi connectivity index (χ2n) is 7.64. The van der Waals surface area contributed by atoms with Crippen LogP contribution in [-0.2, 0) is 9.47 Å². The number of Topliss-reactive ketones (excluding diaryl/α,β-unsaturated/α-hetero) is 1. The number of phenolic OH excluding ortho intramolecular Hbond substituents is 6. The number of aliphatic hydroxyl groups is 3. The van der Waals surface area contributed by atoms with Gasteiger partial charge < -0.3 is 55.4 Å². The Labute approximate surface area is 190 Å². The number of ketones is 1. The molecule has 9 N–H and O–H groups in total. The van der Waals surface area contributed by atoms with Gasteiger partial charge in [-0.3, -0.25) is 4.79 Å². The summed E-state index contributed by atoms with van der Waals surface area (Å²) < 4.78 is 10.4. The number of aromatic hydroxyl groups is 6. The van der Waals surface area contributed by atoms with E-state index in [4.69, 9.17) is 9.47 Å². The van der Waals surface area contributed by atoms with Crippen LogP contribution in [0.1, 0.15) is 39.3 Å². The monoisotopic (exact) mass is 482 g/mol. The van der Waals surface area contributed by atoms with Gasteiger partial charge in [0, 0.05) is 6.07 Å². The minimum absolute atomic E-state index is 0.379. The first-order valence-corrected chi connectivity index (χ1v) is 9.75. The standard InChI is InChI=1S/C21H22O13/c1-6(22)13-8(23)4-9(24)14(17(13)29)20-19(31)18(30)16(28)12(34-20)5-33-21(32)7-2-10(25)15(27)11(26)3-7/h2-4,12,16,18-20,23-31H,5H2,1H3. The van der Waals surface area contributed by atoms with Crippen LogP contribution in [-0.4, -0.2) is 88.7 Å². The van der Waals surface area contributed by atoms with Crippen molar-refractivity contribution in [3.05, 3.63) is 34.9 Å². The molecule has 0 radical (unpaired) electrons. The van der Waals surface area contributed by atoms with E-state index in [0.29, 0.717) is 0 Å². The zero-order chi connectivity index (χ0) is 25.5. The Bertz CT molecular complexity index is 1110. The molecule has 184 valence electrons. The van der Waals surface area contributed by atoms with Gasteiger partial charge in [0.15, 0.2) is 23.0 Å². The maximum Gasteiger partial charge on any atom is 0.338 e. The molecule has 2 aromatic carbocycles. The lowest BCUT2D eigenvalue weighted by Crippen LogP contribution is -2.55. The predicted octanol–water partition coefficient (Wildman–Crippen LogP) is -0.498. The summed E-state index contributed by atoms with van der Waals surface area (Å²) in [5.41, 5.74) is -1.53. The van der Waals surface area contributed by atoms with Crippen molar-refractivity contribution in [3.63, 3.8) is 0 Å². The average molecular weight is 482 g/mol. The van der Waals surface area contributed by atoms with Crippen LogP contribution >= 0.6 is 0 Å². The van der Waals surface area contributed by atoms with Gasteiger partial charge in [-0.1, -0.05) is 0 Å². The topological polar surface area (TPSA) is 235 Å². The van der Waals surface area contributed by atoms with E-state index in [1.165, 1.54) is 0 Å². The zero-order valence-electron chi connectivity index (χ0n) is 17.5. The van der Waals surface area contributed by atoms with Crippen molar-refractivity contribution in [3.8, 4) is 34.5 Å². The van der Waals surface area contributed by atoms with Crippen LogP contribution in [0.4, 0.5) is 0 Å². The van der Waals surface area contributed by atoms with E-state index in [0.717, 1.165) is 25.1 Å². The highest BCUT2D eigenvalue weighted by atomic mass is 16.6. The number of hydrogen-bond acceptors (Lipinski definition) is 13. The number of carbonyl (C=O) groups is 2. The largest absolute Gasteiger partial charge is 0.507 e. The number of rotatable bonds is 5. The fraction of sp³-hybridized carbons (Fsp3) is 0.333. The van der Waals surface area contributed by atoms with E-state index in [-0.39, 0.29) is 5.56 Å². The maximum absolute atomic E-state index is 12.3. The summed E-state index contributed by atoms with van der Waals surface area (Å²) >= 11 is 0. The van der Waals surface area contributed by atoms with Gasteiger partial charge in [-0.25, -0.2) is 4.79 Å². The molecule has 2 aromatic rings. The first-order valence-electron chi connectivity index (χ1n) is 9.75. The van der Waals surface area contributed by atoms with Gasteiger partial charge in [-0.2, -0.15) is 0 Å². The zero-order valence-corrected chi connectivity index (χ0v) is 17.5.